The highest BCUT2D eigenvalue weighted by Crippen LogP contribution is 2.35. The Morgan fingerprint density at radius 2 is 1.75 bits per heavy atom. The summed E-state index contributed by atoms with van der Waals surface area (Å²) in [4.78, 5) is 66.8. The molecule has 4 N–H and O–H groups in total. The lowest BCUT2D eigenvalue weighted by molar-refractivity contribution is -0.141. The van der Waals surface area contributed by atoms with Crippen molar-refractivity contribution in [2.45, 2.75) is 76.4 Å². The number of aromatic carboxylic acids is 1. The number of amides is 4. The number of carboxylic acid groups (broad SMARTS) is 1. The molecule has 4 amide bonds. The van der Waals surface area contributed by atoms with E-state index in [1.807, 2.05) is 44.2 Å². The molecule has 13 heteroatoms. The number of thiol groups is 1. The van der Waals surface area contributed by atoms with Gasteiger partial charge in [-0.15, -0.1) is 0 Å². The van der Waals surface area contributed by atoms with E-state index in [9.17, 15) is 24.0 Å². The molecule has 11 nitrogen and oxygen atoms in total. The number of nitrogens with one attached hydrogen (secondary N) is 3. The van der Waals surface area contributed by atoms with Crippen molar-refractivity contribution in [3.63, 3.8) is 0 Å². The summed E-state index contributed by atoms with van der Waals surface area (Å²) in [5.41, 5.74) is 1.72. The first-order chi connectivity index (χ1) is 23.0. The zero-order valence-electron chi connectivity index (χ0n) is 27.3. The van der Waals surface area contributed by atoms with Crippen molar-refractivity contribution >= 4 is 54.0 Å². The van der Waals surface area contributed by atoms with Crippen LogP contribution in [0.3, 0.4) is 0 Å². The number of likely N-dealkylation sites (tertiary alicyclic amines) is 1. The maximum Gasteiger partial charge on any atom is 0.407 e. The Balaban J connectivity index is 1.47. The third kappa shape index (κ3) is 9.88. The van der Waals surface area contributed by atoms with Crippen LogP contribution in [-0.2, 0) is 25.5 Å². The van der Waals surface area contributed by atoms with Crippen LogP contribution in [0.1, 0.15) is 73.4 Å². The fourth-order valence-corrected chi connectivity index (χ4v) is 6.88. The van der Waals surface area contributed by atoms with E-state index in [-0.39, 0.29) is 59.7 Å². The standard InChI is InChI=1S/C35H45ClN4O7S/c1-21(2)19-47-35(46)39-30(24-10-6-7-11-24)33(43)40-18-26(22-8-4-3-5-9-22)17-29(40)32(42)38-28(20-48)31(41)37-15-14-23-12-13-25(34(44)45)16-27(23)36/h3-5,8-9,12-13,16,21,24,26,28-30,48H,6-7,10-11,14-15,17-20H2,1-2H3,(H,37,41)(H,38,42)(H,39,46)(H,44,45)/t26-,28+,29+,30+/m1/s1. The molecule has 4 atom stereocenters. The molecule has 2 aromatic rings. The molecule has 1 aliphatic carbocycles. The van der Waals surface area contributed by atoms with Gasteiger partial charge in [-0.25, -0.2) is 9.59 Å². The number of rotatable bonds is 14. The van der Waals surface area contributed by atoms with Crippen LogP contribution < -0.4 is 16.0 Å². The Kier molecular flexibility index (Phi) is 13.6. The molecule has 0 radical (unpaired) electrons. The summed E-state index contributed by atoms with van der Waals surface area (Å²) in [7, 11) is 0. The van der Waals surface area contributed by atoms with Crippen molar-refractivity contribution < 1.29 is 33.8 Å². The first-order valence-electron chi connectivity index (χ1n) is 16.5. The first kappa shape index (κ1) is 37.1. The number of benzene rings is 2. The summed E-state index contributed by atoms with van der Waals surface area (Å²) in [5.74, 6) is -2.40. The van der Waals surface area contributed by atoms with E-state index < -0.39 is 42.0 Å². The largest absolute Gasteiger partial charge is 0.478 e. The van der Waals surface area contributed by atoms with Gasteiger partial charge in [-0.2, -0.15) is 12.6 Å². The minimum Gasteiger partial charge on any atom is -0.478 e. The van der Waals surface area contributed by atoms with Crippen LogP contribution in [0.25, 0.3) is 0 Å². The van der Waals surface area contributed by atoms with Gasteiger partial charge in [0.05, 0.1) is 12.2 Å². The number of alkyl carbamates (subject to hydrolysis) is 1. The number of nitrogens with zero attached hydrogens (tertiary/aromatic N) is 1. The predicted molar refractivity (Wildman–Crippen MR) is 185 cm³/mol. The van der Waals surface area contributed by atoms with Crippen molar-refractivity contribution in [2.75, 3.05) is 25.4 Å². The number of carbonyl (C=O) groups excluding carboxylic acids is 4. The third-order valence-electron chi connectivity index (χ3n) is 8.93. The number of hydrogen-bond donors (Lipinski definition) is 5. The third-order valence-corrected chi connectivity index (χ3v) is 9.64. The van der Waals surface area contributed by atoms with Gasteiger partial charge in [-0.05, 0) is 60.8 Å². The molecule has 260 valence electrons. The highest BCUT2D eigenvalue weighted by atomic mass is 35.5. The highest BCUT2D eigenvalue weighted by Gasteiger charge is 2.45. The molecule has 2 aromatic carbocycles. The van der Waals surface area contributed by atoms with Gasteiger partial charge in [0.25, 0.3) is 0 Å². The summed E-state index contributed by atoms with van der Waals surface area (Å²) in [6.45, 7) is 4.56. The molecule has 48 heavy (non-hydrogen) atoms. The second-order valence-electron chi connectivity index (χ2n) is 12.9. The summed E-state index contributed by atoms with van der Waals surface area (Å²) in [6.07, 6.45) is 3.51. The minimum atomic E-state index is -1.09. The van der Waals surface area contributed by atoms with Crippen molar-refractivity contribution in [1.82, 2.24) is 20.9 Å². The van der Waals surface area contributed by atoms with Crippen molar-refractivity contribution in [3.8, 4) is 0 Å². The summed E-state index contributed by atoms with van der Waals surface area (Å²) < 4.78 is 5.36. The Hall–Kier alpha value is -3.77. The minimum absolute atomic E-state index is 0.0162. The van der Waals surface area contributed by atoms with Gasteiger partial charge in [0.1, 0.15) is 18.1 Å². The molecule has 2 fully saturated rings. The number of carboxylic acids is 1. The lowest BCUT2D eigenvalue weighted by Gasteiger charge is -2.32. The van der Waals surface area contributed by atoms with Gasteiger partial charge in [0.15, 0.2) is 0 Å². The van der Waals surface area contributed by atoms with Crippen LogP contribution in [0.4, 0.5) is 4.79 Å². The maximum absolute atomic E-state index is 14.3. The molecule has 1 saturated carbocycles. The monoisotopic (exact) mass is 700 g/mol. The zero-order valence-corrected chi connectivity index (χ0v) is 29.0. The van der Waals surface area contributed by atoms with Gasteiger partial charge in [-0.3, -0.25) is 14.4 Å². The molecule has 0 unspecified atom stereocenters. The molecule has 0 aromatic heterocycles. The van der Waals surface area contributed by atoms with Gasteiger partial charge in [0.2, 0.25) is 17.7 Å². The Labute approximate surface area is 291 Å². The highest BCUT2D eigenvalue weighted by molar-refractivity contribution is 7.80. The average molecular weight is 701 g/mol. The summed E-state index contributed by atoms with van der Waals surface area (Å²) in [6, 6.07) is 11.4. The van der Waals surface area contributed by atoms with Crippen LogP contribution in [0.15, 0.2) is 48.5 Å². The molecule has 0 bridgehead atoms. The van der Waals surface area contributed by atoms with Crippen LogP contribution in [0, 0.1) is 11.8 Å². The van der Waals surface area contributed by atoms with E-state index in [0.29, 0.717) is 18.4 Å². The van der Waals surface area contributed by atoms with Crippen molar-refractivity contribution in [2.24, 2.45) is 11.8 Å². The molecular weight excluding hydrogens is 656 g/mol. The fourth-order valence-electron chi connectivity index (χ4n) is 6.35. The topological polar surface area (TPSA) is 154 Å². The first-order valence-corrected chi connectivity index (χ1v) is 17.5. The maximum atomic E-state index is 14.3. The van der Waals surface area contributed by atoms with E-state index >= 15 is 0 Å². The number of hydrogen-bond acceptors (Lipinski definition) is 7. The Morgan fingerprint density at radius 1 is 1.04 bits per heavy atom. The molecule has 2 aliphatic rings. The number of halogens is 1. The van der Waals surface area contributed by atoms with E-state index in [0.717, 1.165) is 31.2 Å². The smallest absolute Gasteiger partial charge is 0.407 e. The van der Waals surface area contributed by atoms with E-state index in [4.69, 9.17) is 21.4 Å². The summed E-state index contributed by atoms with van der Waals surface area (Å²) >= 11 is 10.5. The Morgan fingerprint density at radius 3 is 2.38 bits per heavy atom. The van der Waals surface area contributed by atoms with Gasteiger partial charge < -0.3 is 30.7 Å². The molecule has 4 rings (SSSR count). The predicted octanol–water partition coefficient (Wildman–Crippen LogP) is 4.44. The average Bonchev–Trinajstić information content (AvgIpc) is 3.77. The molecule has 1 heterocycles. The lowest BCUT2D eigenvalue weighted by atomic mass is 9.96. The second-order valence-corrected chi connectivity index (χ2v) is 13.7. The quantitative estimate of drug-likeness (QED) is 0.183. The number of carbonyl (C=O) groups is 5. The van der Waals surface area contributed by atoms with E-state index in [1.54, 1.807) is 11.0 Å². The van der Waals surface area contributed by atoms with Gasteiger partial charge in [0, 0.05) is 29.8 Å². The van der Waals surface area contributed by atoms with Crippen LogP contribution in [-0.4, -0.2) is 83.4 Å². The van der Waals surface area contributed by atoms with Crippen molar-refractivity contribution in [1.29, 1.82) is 0 Å². The molecular formula is C35H45ClN4O7S. The van der Waals surface area contributed by atoms with Gasteiger partial charge >= 0.3 is 12.1 Å². The van der Waals surface area contributed by atoms with Crippen LogP contribution >= 0.6 is 24.2 Å². The second kappa shape index (κ2) is 17.6. The lowest BCUT2D eigenvalue weighted by Crippen LogP contribution is -2.58. The summed E-state index contributed by atoms with van der Waals surface area (Å²) in [5, 5.41) is 17.8. The zero-order chi connectivity index (χ0) is 34.8. The Bertz CT molecular complexity index is 1450. The normalized spacial score (nSPS) is 19.1. The molecule has 1 aliphatic heterocycles. The van der Waals surface area contributed by atoms with E-state index in [2.05, 4.69) is 28.6 Å². The van der Waals surface area contributed by atoms with Gasteiger partial charge in [-0.1, -0.05) is 74.7 Å². The molecule has 0 spiro atoms. The van der Waals surface area contributed by atoms with E-state index in [1.165, 1.54) is 12.1 Å². The van der Waals surface area contributed by atoms with Crippen LogP contribution in [0.5, 0.6) is 0 Å². The fraction of sp³-hybridized carbons (Fsp3) is 0.514. The number of ether oxygens (including phenoxy) is 1. The van der Waals surface area contributed by atoms with Crippen molar-refractivity contribution in [3.05, 3.63) is 70.2 Å². The molecule has 1 saturated heterocycles. The SMILES string of the molecule is CC(C)COC(=O)N[C@H](C(=O)N1C[C@H](c2ccccc2)C[C@H]1C(=O)N[C@@H](CS)C(=O)NCCc1ccc(C(=O)O)cc1Cl)C1CCCC1. The van der Waals surface area contributed by atoms with Crippen LogP contribution in [0.2, 0.25) is 5.02 Å².